The third-order valence-corrected chi connectivity index (χ3v) is 8.71. The Kier molecular flexibility index (Phi) is 7.95. The molecule has 1 aliphatic carbocycles. The normalized spacial score (nSPS) is 20.1. The molecule has 0 radical (unpaired) electrons. The van der Waals surface area contributed by atoms with Crippen molar-refractivity contribution in [1.82, 2.24) is 4.98 Å². The molecule has 1 aromatic heterocycles. The van der Waals surface area contributed by atoms with Gasteiger partial charge in [0.15, 0.2) is 6.10 Å². The smallest absolute Gasteiger partial charge is 0.339 e. The molecule has 222 valence electrons. The number of carbonyl (C=O) groups excluding carboxylic acids is 4. The highest BCUT2D eigenvalue weighted by Gasteiger charge is 2.50. The molecular formula is C37H34N2O5. The van der Waals surface area contributed by atoms with Crippen LogP contribution >= 0.6 is 0 Å². The van der Waals surface area contributed by atoms with E-state index in [4.69, 9.17) is 9.72 Å². The van der Waals surface area contributed by atoms with Crippen molar-refractivity contribution in [1.29, 1.82) is 0 Å². The fourth-order valence-corrected chi connectivity index (χ4v) is 6.38. The van der Waals surface area contributed by atoms with E-state index < -0.39 is 12.1 Å². The summed E-state index contributed by atoms with van der Waals surface area (Å²) in [5.74, 6) is -1.81. The van der Waals surface area contributed by atoms with Crippen molar-refractivity contribution in [3.8, 4) is 11.3 Å². The summed E-state index contributed by atoms with van der Waals surface area (Å²) in [5, 5.41) is 0.636. The minimum atomic E-state index is -0.914. The maximum absolute atomic E-state index is 13.7. The van der Waals surface area contributed by atoms with E-state index >= 15 is 0 Å². The van der Waals surface area contributed by atoms with E-state index in [1.165, 1.54) is 4.90 Å². The standard InChI is InChI=1S/C37H34N2O5/c1-4-10-31(34(40)25-13-6-5-7-14-25)44-37(43)29-21-30(38-33-23(3)12-9-15-27(29)33)24-17-19-26(20-18-24)39-35(41)28-16-8-11-22(2)32(28)36(39)42/h5-9,11-15,17-22,28,31-32H,4,10,16H2,1-3H3. The molecule has 4 unspecified atom stereocenters. The van der Waals surface area contributed by atoms with Crippen LogP contribution in [0.3, 0.4) is 0 Å². The molecule has 7 nitrogen and oxygen atoms in total. The molecular weight excluding hydrogens is 552 g/mol. The van der Waals surface area contributed by atoms with Gasteiger partial charge in [0.25, 0.3) is 0 Å². The van der Waals surface area contributed by atoms with Crippen molar-refractivity contribution in [3.05, 3.63) is 108 Å². The van der Waals surface area contributed by atoms with Crippen LogP contribution in [0.25, 0.3) is 22.2 Å². The topological polar surface area (TPSA) is 93.6 Å². The van der Waals surface area contributed by atoms with Gasteiger partial charge < -0.3 is 4.74 Å². The number of Topliss-reactive ketones (excluding diaryl/α,β-unsaturated/α-hetero) is 1. The lowest BCUT2D eigenvalue weighted by Gasteiger charge is -2.22. The van der Waals surface area contributed by atoms with Gasteiger partial charge in [-0.1, -0.05) is 93.1 Å². The first-order valence-electron chi connectivity index (χ1n) is 15.1. The number of anilines is 1. The number of rotatable bonds is 8. The largest absolute Gasteiger partial charge is 0.450 e. The quantitative estimate of drug-likeness (QED) is 0.0945. The highest BCUT2D eigenvalue weighted by Crippen LogP contribution is 2.41. The molecule has 0 N–H and O–H groups in total. The molecule has 2 heterocycles. The lowest BCUT2D eigenvalue weighted by atomic mass is 9.78. The number of amides is 2. The van der Waals surface area contributed by atoms with Gasteiger partial charge in [0.05, 0.1) is 34.3 Å². The fourth-order valence-electron chi connectivity index (χ4n) is 6.38. The van der Waals surface area contributed by atoms with Gasteiger partial charge in [0.1, 0.15) is 0 Å². The average molecular weight is 587 g/mol. The maximum Gasteiger partial charge on any atom is 0.339 e. The molecule has 6 rings (SSSR count). The number of aryl methyl sites for hydroxylation is 1. The number of carbonyl (C=O) groups is 4. The molecule has 3 aromatic carbocycles. The van der Waals surface area contributed by atoms with Crippen LogP contribution in [0.15, 0.2) is 91.0 Å². The number of esters is 1. The Morgan fingerprint density at radius 3 is 2.43 bits per heavy atom. The van der Waals surface area contributed by atoms with E-state index in [0.29, 0.717) is 58.2 Å². The molecule has 1 fully saturated rings. The summed E-state index contributed by atoms with van der Waals surface area (Å²) >= 11 is 0. The van der Waals surface area contributed by atoms with Crippen molar-refractivity contribution in [3.63, 3.8) is 0 Å². The van der Waals surface area contributed by atoms with Gasteiger partial charge in [0.2, 0.25) is 17.6 Å². The van der Waals surface area contributed by atoms with Gasteiger partial charge in [-0.25, -0.2) is 9.78 Å². The molecule has 4 aromatic rings. The van der Waals surface area contributed by atoms with Crippen LogP contribution in [0.5, 0.6) is 0 Å². The van der Waals surface area contributed by atoms with Gasteiger partial charge in [-0.15, -0.1) is 0 Å². The van der Waals surface area contributed by atoms with Gasteiger partial charge in [0, 0.05) is 16.5 Å². The molecule has 1 saturated heterocycles. The van der Waals surface area contributed by atoms with Crippen LogP contribution in [0.4, 0.5) is 5.69 Å². The Bertz CT molecular complexity index is 1790. The molecule has 0 saturated carbocycles. The van der Waals surface area contributed by atoms with Crippen LogP contribution < -0.4 is 4.90 Å². The number of aromatic nitrogens is 1. The summed E-state index contributed by atoms with van der Waals surface area (Å²) in [5.41, 5.74) is 4.12. The third kappa shape index (κ3) is 5.23. The van der Waals surface area contributed by atoms with Gasteiger partial charge in [-0.05, 0) is 49.4 Å². The predicted molar refractivity (Wildman–Crippen MR) is 169 cm³/mol. The summed E-state index contributed by atoms with van der Waals surface area (Å²) in [7, 11) is 0. The summed E-state index contributed by atoms with van der Waals surface area (Å²) in [4.78, 5) is 59.7. The minimum absolute atomic E-state index is 0.0117. The number of imide groups is 1. The Labute approximate surface area is 256 Å². The summed E-state index contributed by atoms with van der Waals surface area (Å²) in [6, 6.07) is 23.3. The number of allylic oxidation sites excluding steroid dienone is 2. The molecule has 1 aliphatic heterocycles. The zero-order valence-corrected chi connectivity index (χ0v) is 25.0. The zero-order chi connectivity index (χ0) is 31.0. The number of fused-ring (bicyclic) bond motifs is 2. The first kappa shape index (κ1) is 29.2. The molecule has 4 atom stereocenters. The fraction of sp³-hybridized carbons (Fsp3) is 0.270. The Morgan fingerprint density at radius 1 is 0.977 bits per heavy atom. The van der Waals surface area contributed by atoms with E-state index in [1.54, 1.807) is 54.6 Å². The lowest BCUT2D eigenvalue weighted by Crippen LogP contribution is -2.31. The van der Waals surface area contributed by atoms with E-state index in [1.807, 2.05) is 57.2 Å². The van der Waals surface area contributed by atoms with Crippen molar-refractivity contribution in [2.75, 3.05) is 4.90 Å². The highest BCUT2D eigenvalue weighted by molar-refractivity contribution is 6.22. The van der Waals surface area contributed by atoms with Crippen molar-refractivity contribution >= 4 is 40.2 Å². The summed E-state index contributed by atoms with van der Waals surface area (Å²) < 4.78 is 5.89. The van der Waals surface area contributed by atoms with Crippen LogP contribution in [0, 0.1) is 24.7 Å². The average Bonchev–Trinajstić information content (AvgIpc) is 3.30. The van der Waals surface area contributed by atoms with Crippen LogP contribution in [-0.2, 0) is 14.3 Å². The molecule has 2 aliphatic rings. The second-order valence-corrected chi connectivity index (χ2v) is 11.7. The molecule has 7 heteroatoms. The van der Waals surface area contributed by atoms with Crippen LogP contribution in [-0.4, -0.2) is 34.7 Å². The number of nitrogens with zero attached hydrogens (tertiary/aromatic N) is 2. The molecule has 44 heavy (non-hydrogen) atoms. The second kappa shape index (κ2) is 12.0. The second-order valence-electron chi connectivity index (χ2n) is 11.7. The number of hydrogen-bond acceptors (Lipinski definition) is 6. The minimum Gasteiger partial charge on any atom is -0.450 e. The maximum atomic E-state index is 13.7. The summed E-state index contributed by atoms with van der Waals surface area (Å²) in [6.45, 7) is 5.85. The third-order valence-electron chi connectivity index (χ3n) is 8.71. The Balaban J connectivity index is 1.33. The first-order chi connectivity index (χ1) is 21.3. The number of benzene rings is 3. The number of para-hydroxylation sites is 1. The molecule has 0 spiro atoms. The van der Waals surface area contributed by atoms with E-state index in [2.05, 4.69) is 0 Å². The van der Waals surface area contributed by atoms with Gasteiger partial charge in [-0.3, -0.25) is 19.3 Å². The van der Waals surface area contributed by atoms with E-state index in [0.717, 1.165) is 5.56 Å². The zero-order valence-electron chi connectivity index (χ0n) is 25.0. The van der Waals surface area contributed by atoms with Crippen LogP contribution in [0.2, 0.25) is 0 Å². The molecule has 2 amide bonds. The van der Waals surface area contributed by atoms with Crippen molar-refractivity contribution < 1.29 is 23.9 Å². The number of ketones is 1. The van der Waals surface area contributed by atoms with E-state index in [-0.39, 0.29) is 35.4 Å². The van der Waals surface area contributed by atoms with Gasteiger partial charge in [-0.2, -0.15) is 0 Å². The number of hydrogen-bond donors (Lipinski definition) is 0. The Hall–Kier alpha value is -4.91. The number of ether oxygens (including phenoxy) is 1. The summed E-state index contributed by atoms with van der Waals surface area (Å²) in [6.07, 6.45) is 4.73. The number of pyridine rings is 1. The Morgan fingerprint density at radius 2 is 1.73 bits per heavy atom. The van der Waals surface area contributed by atoms with Crippen molar-refractivity contribution in [2.45, 2.75) is 46.1 Å². The predicted octanol–water partition coefficient (Wildman–Crippen LogP) is 7.12. The van der Waals surface area contributed by atoms with Crippen molar-refractivity contribution in [2.24, 2.45) is 17.8 Å². The molecule has 0 bridgehead atoms. The van der Waals surface area contributed by atoms with Gasteiger partial charge >= 0.3 is 5.97 Å². The highest BCUT2D eigenvalue weighted by atomic mass is 16.5. The SMILES string of the molecule is CCCC(OC(=O)c1cc(-c2ccc(N3C(=O)C4CC=CC(C)C4C3=O)cc2)nc2c(C)cccc12)C(=O)c1ccccc1. The monoisotopic (exact) mass is 586 g/mol. The van der Waals surface area contributed by atoms with Crippen LogP contribution in [0.1, 0.15) is 59.4 Å². The van der Waals surface area contributed by atoms with E-state index in [9.17, 15) is 19.2 Å². The first-order valence-corrected chi connectivity index (χ1v) is 15.1. The lowest BCUT2D eigenvalue weighted by molar-refractivity contribution is -0.122.